The fourth-order valence-corrected chi connectivity index (χ4v) is 4.21. The first-order valence-electron chi connectivity index (χ1n) is 7.53. The number of piperazine rings is 1. The van der Waals surface area contributed by atoms with Gasteiger partial charge in [-0.15, -0.1) is 0 Å². The average molecular weight is 336 g/mol. The van der Waals surface area contributed by atoms with Crippen LogP contribution in [0.1, 0.15) is 12.6 Å². The molecule has 2 aromatic rings. The third-order valence-corrected chi connectivity index (χ3v) is 5.61. The van der Waals surface area contributed by atoms with E-state index in [0.29, 0.717) is 19.6 Å². The molecule has 0 unspecified atom stereocenters. The van der Waals surface area contributed by atoms with E-state index in [9.17, 15) is 13.2 Å². The summed E-state index contributed by atoms with van der Waals surface area (Å²) in [5, 5.41) is 8.06. The Morgan fingerprint density at radius 1 is 1.35 bits per heavy atom. The Morgan fingerprint density at radius 2 is 2.09 bits per heavy atom. The van der Waals surface area contributed by atoms with Crippen molar-refractivity contribution in [1.82, 2.24) is 19.4 Å². The van der Waals surface area contributed by atoms with Gasteiger partial charge in [-0.1, -0.05) is 18.2 Å². The van der Waals surface area contributed by atoms with Crippen LogP contribution in [0, 0.1) is 0 Å². The predicted octanol–water partition coefficient (Wildman–Crippen LogP) is 0.598. The number of hydrogen-bond donors (Lipinski definition) is 1. The molecular formula is C15H20N4O3S. The quantitative estimate of drug-likeness (QED) is 0.889. The van der Waals surface area contributed by atoms with E-state index in [2.05, 4.69) is 10.2 Å². The number of nitrogens with zero attached hydrogens (tertiary/aromatic N) is 3. The number of carbonyl (C=O) groups excluding carboxylic acids is 1. The summed E-state index contributed by atoms with van der Waals surface area (Å²) in [6, 6.07) is 7.44. The highest BCUT2D eigenvalue weighted by molar-refractivity contribution is 7.88. The first-order chi connectivity index (χ1) is 10.9. The van der Waals surface area contributed by atoms with Gasteiger partial charge in [0.1, 0.15) is 0 Å². The molecule has 2 heterocycles. The maximum absolute atomic E-state index is 12.5. The number of aromatic nitrogens is 2. The first kappa shape index (κ1) is 15.9. The number of benzene rings is 1. The lowest BCUT2D eigenvalue weighted by molar-refractivity contribution is -0.132. The van der Waals surface area contributed by atoms with Crippen molar-refractivity contribution in [2.45, 2.75) is 19.4 Å². The van der Waals surface area contributed by atoms with Gasteiger partial charge in [-0.25, -0.2) is 8.42 Å². The molecule has 1 aromatic heterocycles. The van der Waals surface area contributed by atoms with Gasteiger partial charge in [0.15, 0.2) is 0 Å². The number of para-hydroxylation sites is 1. The van der Waals surface area contributed by atoms with Crippen molar-refractivity contribution in [2.24, 2.45) is 0 Å². The Morgan fingerprint density at radius 3 is 2.78 bits per heavy atom. The van der Waals surface area contributed by atoms with Gasteiger partial charge >= 0.3 is 0 Å². The Labute approximate surface area is 135 Å². The molecule has 0 aliphatic carbocycles. The van der Waals surface area contributed by atoms with Gasteiger partial charge in [0.25, 0.3) is 0 Å². The molecule has 1 N–H and O–H groups in total. The van der Waals surface area contributed by atoms with Crippen LogP contribution in [0.2, 0.25) is 0 Å². The predicted molar refractivity (Wildman–Crippen MR) is 87.4 cm³/mol. The highest BCUT2D eigenvalue weighted by Gasteiger charge is 2.31. The molecule has 0 bridgehead atoms. The zero-order valence-electron chi connectivity index (χ0n) is 13.2. The molecule has 8 heteroatoms. The van der Waals surface area contributed by atoms with Crippen molar-refractivity contribution in [3.05, 3.63) is 30.0 Å². The summed E-state index contributed by atoms with van der Waals surface area (Å²) in [5.74, 6) is -0.0144. The minimum Gasteiger partial charge on any atom is -0.339 e. The Hall–Kier alpha value is -1.93. The lowest BCUT2D eigenvalue weighted by Gasteiger charge is -2.38. The third-order valence-electron chi connectivity index (χ3n) is 4.21. The zero-order chi connectivity index (χ0) is 16.6. The van der Waals surface area contributed by atoms with Crippen LogP contribution in [0.25, 0.3) is 10.9 Å². The minimum atomic E-state index is -3.22. The summed E-state index contributed by atoms with van der Waals surface area (Å²) in [6.07, 6.45) is 1.45. The summed E-state index contributed by atoms with van der Waals surface area (Å²) in [7, 11) is -3.22. The fraction of sp³-hybridized carbons (Fsp3) is 0.467. The van der Waals surface area contributed by atoms with Gasteiger partial charge < -0.3 is 4.90 Å². The number of nitrogens with one attached hydrogen (secondary N) is 1. The van der Waals surface area contributed by atoms with Crippen LogP contribution in [0.15, 0.2) is 24.3 Å². The molecule has 0 spiro atoms. The van der Waals surface area contributed by atoms with Crippen LogP contribution in [0.4, 0.5) is 0 Å². The number of amides is 1. The van der Waals surface area contributed by atoms with E-state index in [0.717, 1.165) is 16.6 Å². The van der Waals surface area contributed by atoms with Crippen molar-refractivity contribution in [3.8, 4) is 0 Å². The summed E-state index contributed by atoms with van der Waals surface area (Å²) >= 11 is 0. The van der Waals surface area contributed by atoms with Gasteiger partial charge in [0, 0.05) is 31.1 Å². The van der Waals surface area contributed by atoms with Crippen molar-refractivity contribution in [1.29, 1.82) is 0 Å². The number of rotatable bonds is 3. The molecule has 1 aliphatic heterocycles. The largest absolute Gasteiger partial charge is 0.339 e. The van der Waals surface area contributed by atoms with Crippen LogP contribution in [-0.4, -0.2) is 65.7 Å². The molecular weight excluding hydrogens is 316 g/mol. The number of sulfonamides is 1. The Balaban J connectivity index is 1.70. The van der Waals surface area contributed by atoms with Crippen molar-refractivity contribution < 1.29 is 13.2 Å². The van der Waals surface area contributed by atoms with Crippen LogP contribution >= 0.6 is 0 Å². The van der Waals surface area contributed by atoms with E-state index in [-0.39, 0.29) is 18.4 Å². The van der Waals surface area contributed by atoms with Crippen LogP contribution in [0.3, 0.4) is 0 Å². The van der Waals surface area contributed by atoms with Gasteiger partial charge in [-0.3, -0.25) is 9.89 Å². The normalized spacial score (nSPS) is 20.1. The van der Waals surface area contributed by atoms with E-state index in [1.807, 2.05) is 31.2 Å². The smallest absolute Gasteiger partial charge is 0.228 e. The number of aromatic amines is 1. The van der Waals surface area contributed by atoms with Crippen LogP contribution < -0.4 is 0 Å². The monoisotopic (exact) mass is 336 g/mol. The van der Waals surface area contributed by atoms with Crippen LogP contribution in [-0.2, 0) is 21.2 Å². The molecule has 7 nitrogen and oxygen atoms in total. The SMILES string of the molecule is C[C@H]1CN(C(=O)Cc2[nH]nc3ccccc23)CCN1S(C)(=O)=O. The molecule has 1 atom stereocenters. The second kappa shape index (κ2) is 5.93. The molecule has 1 amide bonds. The summed E-state index contributed by atoms with van der Waals surface area (Å²) < 4.78 is 24.8. The van der Waals surface area contributed by atoms with Crippen molar-refractivity contribution in [3.63, 3.8) is 0 Å². The molecule has 1 aromatic carbocycles. The maximum Gasteiger partial charge on any atom is 0.228 e. The molecule has 1 fully saturated rings. The number of hydrogen-bond acceptors (Lipinski definition) is 4. The Bertz CT molecular complexity index is 830. The lowest BCUT2D eigenvalue weighted by atomic mass is 10.1. The van der Waals surface area contributed by atoms with Crippen molar-refractivity contribution >= 4 is 26.8 Å². The summed E-state index contributed by atoms with van der Waals surface area (Å²) in [5.41, 5.74) is 1.63. The molecule has 0 saturated carbocycles. The summed E-state index contributed by atoms with van der Waals surface area (Å²) in [6.45, 7) is 3.00. The highest BCUT2D eigenvalue weighted by atomic mass is 32.2. The van der Waals surface area contributed by atoms with E-state index in [4.69, 9.17) is 0 Å². The van der Waals surface area contributed by atoms with Gasteiger partial charge in [-0.2, -0.15) is 9.40 Å². The minimum absolute atomic E-state index is 0.0144. The van der Waals surface area contributed by atoms with E-state index >= 15 is 0 Å². The molecule has 124 valence electrons. The van der Waals surface area contributed by atoms with Crippen LogP contribution in [0.5, 0.6) is 0 Å². The first-order valence-corrected chi connectivity index (χ1v) is 9.37. The van der Waals surface area contributed by atoms with E-state index < -0.39 is 10.0 Å². The van der Waals surface area contributed by atoms with Crippen molar-refractivity contribution in [2.75, 3.05) is 25.9 Å². The maximum atomic E-state index is 12.5. The standard InChI is InChI=1S/C15H20N4O3S/c1-11-10-18(7-8-19(11)23(2,21)22)15(20)9-14-12-5-3-4-6-13(12)16-17-14/h3-6,11H,7-10H2,1-2H3,(H,16,17)/t11-/m0/s1. The van der Waals surface area contributed by atoms with Gasteiger partial charge in [0.2, 0.25) is 15.9 Å². The zero-order valence-corrected chi connectivity index (χ0v) is 14.0. The fourth-order valence-electron chi connectivity index (χ4n) is 3.07. The number of carbonyl (C=O) groups is 1. The number of H-pyrrole nitrogens is 1. The Kier molecular flexibility index (Phi) is 4.11. The highest BCUT2D eigenvalue weighted by Crippen LogP contribution is 2.18. The molecule has 23 heavy (non-hydrogen) atoms. The molecule has 1 aliphatic rings. The molecule has 0 radical (unpaired) electrons. The lowest BCUT2D eigenvalue weighted by Crippen LogP contribution is -2.55. The third kappa shape index (κ3) is 3.23. The van der Waals surface area contributed by atoms with Gasteiger partial charge in [0.05, 0.1) is 23.9 Å². The topological polar surface area (TPSA) is 86.4 Å². The summed E-state index contributed by atoms with van der Waals surface area (Å²) in [4.78, 5) is 14.2. The number of fused-ring (bicyclic) bond motifs is 1. The second-order valence-corrected chi connectivity index (χ2v) is 7.89. The molecule has 1 saturated heterocycles. The van der Waals surface area contributed by atoms with E-state index in [1.54, 1.807) is 4.90 Å². The average Bonchev–Trinajstić information content (AvgIpc) is 2.89. The van der Waals surface area contributed by atoms with E-state index in [1.165, 1.54) is 10.6 Å². The second-order valence-electron chi connectivity index (χ2n) is 5.96. The van der Waals surface area contributed by atoms with Gasteiger partial charge in [-0.05, 0) is 13.0 Å². The molecule has 3 rings (SSSR count).